The first-order valence-electron chi connectivity index (χ1n) is 5.17. The molecule has 0 radical (unpaired) electrons. The van der Waals surface area contributed by atoms with Gasteiger partial charge in [-0.15, -0.1) is 0 Å². The Bertz CT molecular complexity index is 195. The van der Waals surface area contributed by atoms with Crippen molar-refractivity contribution in [3.63, 3.8) is 0 Å². The van der Waals surface area contributed by atoms with Crippen LogP contribution in [-0.2, 0) is 4.79 Å². The molecule has 1 heterocycles. The summed E-state index contributed by atoms with van der Waals surface area (Å²) in [4.78, 5) is 15.5. The predicted octanol–water partition coefficient (Wildman–Crippen LogP) is -0.221. The number of aliphatic hydroxyl groups is 1. The SMILES string of the molecule is CN(C)CCC(=O)N1CCC(CO)C1. The zero-order chi connectivity index (χ0) is 10.6. The number of amides is 1. The Labute approximate surface area is 85.5 Å². The zero-order valence-electron chi connectivity index (χ0n) is 9.07. The van der Waals surface area contributed by atoms with Crippen LogP contribution in [0.4, 0.5) is 0 Å². The molecule has 1 N–H and O–H groups in total. The summed E-state index contributed by atoms with van der Waals surface area (Å²) in [6.45, 7) is 2.57. The molecule has 1 aliphatic rings. The third-order valence-electron chi connectivity index (χ3n) is 2.67. The van der Waals surface area contributed by atoms with E-state index < -0.39 is 0 Å². The van der Waals surface area contributed by atoms with Gasteiger partial charge >= 0.3 is 0 Å². The molecule has 1 rings (SSSR count). The van der Waals surface area contributed by atoms with Gasteiger partial charge in [0.2, 0.25) is 5.91 Å². The van der Waals surface area contributed by atoms with E-state index in [1.54, 1.807) is 0 Å². The van der Waals surface area contributed by atoms with Gasteiger partial charge in [-0.05, 0) is 20.5 Å². The van der Waals surface area contributed by atoms with Crippen LogP contribution in [0, 0.1) is 5.92 Å². The largest absolute Gasteiger partial charge is 0.396 e. The Morgan fingerprint density at radius 1 is 1.57 bits per heavy atom. The van der Waals surface area contributed by atoms with E-state index in [9.17, 15) is 4.79 Å². The highest BCUT2D eigenvalue weighted by Crippen LogP contribution is 2.15. The van der Waals surface area contributed by atoms with Gasteiger partial charge in [-0.3, -0.25) is 4.79 Å². The van der Waals surface area contributed by atoms with Crippen molar-refractivity contribution in [2.45, 2.75) is 12.8 Å². The van der Waals surface area contributed by atoms with E-state index in [2.05, 4.69) is 0 Å². The van der Waals surface area contributed by atoms with E-state index in [0.29, 0.717) is 12.3 Å². The van der Waals surface area contributed by atoms with Gasteiger partial charge in [0.15, 0.2) is 0 Å². The number of hydrogen-bond acceptors (Lipinski definition) is 3. The van der Waals surface area contributed by atoms with Crippen molar-refractivity contribution >= 4 is 5.91 Å². The fraction of sp³-hybridized carbons (Fsp3) is 0.900. The normalized spacial score (nSPS) is 22.0. The molecule has 4 nitrogen and oxygen atoms in total. The molecule has 1 fully saturated rings. The number of carbonyl (C=O) groups excluding carboxylic acids is 1. The summed E-state index contributed by atoms with van der Waals surface area (Å²) in [5, 5.41) is 8.94. The van der Waals surface area contributed by atoms with E-state index in [1.807, 2.05) is 23.9 Å². The van der Waals surface area contributed by atoms with Gasteiger partial charge in [-0.1, -0.05) is 0 Å². The number of rotatable bonds is 4. The summed E-state index contributed by atoms with van der Waals surface area (Å²) in [5.74, 6) is 0.521. The lowest BCUT2D eigenvalue weighted by Gasteiger charge is -2.17. The van der Waals surface area contributed by atoms with Crippen LogP contribution in [0.3, 0.4) is 0 Å². The lowest BCUT2D eigenvalue weighted by molar-refractivity contribution is -0.130. The number of hydrogen-bond donors (Lipinski definition) is 1. The van der Waals surface area contributed by atoms with Crippen molar-refractivity contribution in [2.75, 3.05) is 40.3 Å². The van der Waals surface area contributed by atoms with Crippen LogP contribution in [0.25, 0.3) is 0 Å². The molecule has 1 saturated heterocycles. The molecule has 0 spiro atoms. The summed E-state index contributed by atoms with van der Waals surface area (Å²) in [6, 6.07) is 0. The summed E-state index contributed by atoms with van der Waals surface area (Å²) < 4.78 is 0. The number of likely N-dealkylation sites (tertiary alicyclic amines) is 1. The highest BCUT2D eigenvalue weighted by Gasteiger charge is 2.24. The Balaban J connectivity index is 2.25. The van der Waals surface area contributed by atoms with Crippen LogP contribution in [0.5, 0.6) is 0 Å². The lowest BCUT2D eigenvalue weighted by atomic mass is 10.1. The number of carbonyl (C=O) groups is 1. The zero-order valence-corrected chi connectivity index (χ0v) is 9.07. The van der Waals surface area contributed by atoms with Crippen LogP contribution in [0.15, 0.2) is 0 Å². The van der Waals surface area contributed by atoms with Crippen LogP contribution >= 0.6 is 0 Å². The minimum absolute atomic E-state index is 0.206. The average Bonchev–Trinajstić information content (AvgIpc) is 2.62. The molecule has 0 saturated carbocycles. The fourth-order valence-corrected chi connectivity index (χ4v) is 1.69. The molecule has 4 heteroatoms. The first-order chi connectivity index (χ1) is 6.63. The maximum absolute atomic E-state index is 11.6. The van der Waals surface area contributed by atoms with Crippen LogP contribution < -0.4 is 0 Å². The van der Waals surface area contributed by atoms with E-state index in [4.69, 9.17) is 5.11 Å². The molecule has 1 aliphatic heterocycles. The quantitative estimate of drug-likeness (QED) is 0.682. The average molecular weight is 200 g/mol. The van der Waals surface area contributed by atoms with Gasteiger partial charge in [-0.25, -0.2) is 0 Å². The van der Waals surface area contributed by atoms with Crippen LogP contribution in [0.2, 0.25) is 0 Å². The topological polar surface area (TPSA) is 43.8 Å². The monoisotopic (exact) mass is 200 g/mol. The van der Waals surface area contributed by atoms with E-state index in [-0.39, 0.29) is 12.5 Å². The van der Waals surface area contributed by atoms with Gasteiger partial charge in [0.25, 0.3) is 0 Å². The second kappa shape index (κ2) is 5.32. The van der Waals surface area contributed by atoms with Crippen molar-refractivity contribution in [1.29, 1.82) is 0 Å². The summed E-state index contributed by atoms with van der Waals surface area (Å²) in [5.41, 5.74) is 0. The maximum atomic E-state index is 11.6. The molecular formula is C10H20N2O2. The fourth-order valence-electron chi connectivity index (χ4n) is 1.69. The van der Waals surface area contributed by atoms with Crippen LogP contribution in [-0.4, -0.2) is 61.2 Å². The lowest BCUT2D eigenvalue weighted by Crippen LogP contribution is -2.31. The molecule has 1 amide bonds. The number of aliphatic hydroxyl groups excluding tert-OH is 1. The van der Waals surface area contributed by atoms with Crippen molar-refractivity contribution < 1.29 is 9.90 Å². The molecule has 82 valence electrons. The Morgan fingerprint density at radius 3 is 2.79 bits per heavy atom. The first kappa shape index (κ1) is 11.5. The summed E-state index contributed by atoms with van der Waals surface area (Å²) in [6.07, 6.45) is 1.54. The third kappa shape index (κ3) is 3.27. The third-order valence-corrected chi connectivity index (χ3v) is 2.67. The Kier molecular flexibility index (Phi) is 4.35. The van der Waals surface area contributed by atoms with Gasteiger partial charge in [0.05, 0.1) is 0 Å². The molecule has 0 aliphatic carbocycles. The summed E-state index contributed by atoms with van der Waals surface area (Å²) >= 11 is 0. The standard InChI is InChI=1S/C10H20N2O2/c1-11(2)5-4-10(14)12-6-3-9(7-12)8-13/h9,13H,3-8H2,1-2H3. The second-order valence-corrected chi connectivity index (χ2v) is 4.23. The smallest absolute Gasteiger partial charge is 0.223 e. The molecule has 1 atom stereocenters. The molecular weight excluding hydrogens is 180 g/mol. The van der Waals surface area contributed by atoms with Crippen molar-refractivity contribution in [2.24, 2.45) is 5.92 Å². The minimum Gasteiger partial charge on any atom is -0.396 e. The van der Waals surface area contributed by atoms with E-state index in [0.717, 1.165) is 26.1 Å². The van der Waals surface area contributed by atoms with Crippen molar-refractivity contribution in [3.05, 3.63) is 0 Å². The van der Waals surface area contributed by atoms with Crippen molar-refractivity contribution in [1.82, 2.24) is 9.80 Å². The number of nitrogens with zero attached hydrogens (tertiary/aromatic N) is 2. The summed E-state index contributed by atoms with van der Waals surface area (Å²) in [7, 11) is 3.93. The predicted molar refractivity (Wildman–Crippen MR) is 54.9 cm³/mol. The van der Waals surface area contributed by atoms with Gasteiger partial charge in [-0.2, -0.15) is 0 Å². The molecule has 0 aromatic rings. The Morgan fingerprint density at radius 2 is 2.29 bits per heavy atom. The molecule has 14 heavy (non-hydrogen) atoms. The first-order valence-corrected chi connectivity index (χ1v) is 5.17. The molecule has 0 bridgehead atoms. The van der Waals surface area contributed by atoms with Crippen LogP contribution in [0.1, 0.15) is 12.8 Å². The second-order valence-electron chi connectivity index (χ2n) is 4.23. The van der Waals surface area contributed by atoms with Gasteiger partial charge < -0.3 is 14.9 Å². The van der Waals surface area contributed by atoms with Gasteiger partial charge in [0, 0.05) is 38.6 Å². The molecule has 0 aromatic heterocycles. The van der Waals surface area contributed by atoms with Gasteiger partial charge in [0.1, 0.15) is 0 Å². The molecule has 0 aromatic carbocycles. The highest BCUT2D eigenvalue weighted by molar-refractivity contribution is 5.76. The molecule has 1 unspecified atom stereocenters. The minimum atomic E-state index is 0.206. The maximum Gasteiger partial charge on any atom is 0.223 e. The van der Waals surface area contributed by atoms with Crippen molar-refractivity contribution in [3.8, 4) is 0 Å². The Hall–Kier alpha value is -0.610. The highest BCUT2D eigenvalue weighted by atomic mass is 16.3. The van der Waals surface area contributed by atoms with E-state index >= 15 is 0 Å². The van der Waals surface area contributed by atoms with E-state index in [1.165, 1.54) is 0 Å².